The molecule has 0 unspecified atom stereocenters. The third-order valence-corrected chi connectivity index (χ3v) is 2.89. The molecule has 90 valence electrons. The molecule has 3 heteroatoms. The molecule has 0 saturated carbocycles. The Morgan fingerprint density at radius 2 is 2.18 bits per heavy atom. The van der Waals surface area contributed by atoms with Crippen LogP contribution in [0.3, 0.4) is 0 Å². The number of carbonyl (C=O) groups excluding carboxylic acids is 1. The normalized spacial score (nSPS) is 12.6. The van der Waals surface area contributed by atoms with Crippen molar-refractivity contribution in [1.29, 1.82) is 0 Å². The molecule has 0 fully saturated rings. The molecule has 3 nitrogen and oxygen atoms in total. The summed E-state index contributed by atoms with van der Waals surface area (Å²) in [6.07, 6.45) is 2.68. The van der Waals surface area contributed by atoms with Crippen LogP contribution in [0.25, 0.3) is 10.9 Å². The fourth-order valence-corrected chi connectivity index (χ4v) is 2.00. The van der Waals surface area contributed by atoms with Crippen molar-refractivity contribution < 1.29 is 9.53 Å². The third-order valence-electron chi connectivity index (χ3n) is 2.89. The average Bonchev–Trinajstić information content (AvgIpc) is 2.73. The van der Waals surface area contributed by atoms with Gasteiger partial charge in [-0.3, -0.25) is 4.79 Å². The molecule has 1 N–H and O–H groups in total. The maximum atomic E-state index is 11.6. The first-order valence-corrected chi connectivity index (χ1v) is 5.94. The summed E-state index contributed by atoms with van der Waals surface area (Å²) >= 11 is 0. The highest BCUT2D eigenvalue weighted by molar-refractivity contribution is 5.83. The lowest BCUT2D eigenvalue weighted by molar-refractivity contribution is -0.147. The van der Waals surface area contributed by atoms with Crippen LogP contribution in [0.4, 0.5) is 0 Å². The quantitative estimate of drug-likeness (QED) is 0.822. The first-order valence-electron chi connectivity index (χ1n) is 5.94. The predicted octanol–water partition coefficient (Wildman–Crippen LogP) is 2.91. The van der Waals surface area contributed by atoms with Crippen molar-refractivity contribution >= 4 is 16.9 Å². The monoisotopic (exact) mass is 231 g/mol. The van der Waals surface area contributed by atoms with Gasteiger partial charge in [-0.1, -0.05) is 25.1 Å². The zero-order valence-corrected chi connectivity index (χ0v) is 10.2. The summed E-state index contributed by atoms with van der Waals surface area (Å²) in [6, 6.07) is 8.11. The van der Waals surface area contributed by atoms with Crippen molar-refractivity contribution in [3.05, 3.63) is 36.0 Å². The van der Waals surface area contributed by atoms with Gasteiger partial charge >= 0.3 is 5.97 Å². The van der Waals surface area contributed by atoms with Crippen LogP contribution >= 0.6 is 0 Å². The van der Waals surface area contributed by atoms with Gasteiger partial charge in [-0.05, 0) is 25.0 Å². The second-order valence-corrected chi connectivity index (χ2v) is 4.22. The van der Waals surface area contributed by atoms with E-state index in [0.29, 0.717) is 13.0 Å². The number of carbonyl (C=O) groups is 1. The summed E-state index contributed by atoms with van der Waals surface area (Å²) in [6.45, 7) is 4.17. The minimum atomic E-state index is -0.127. The van der Waals surface area contributed by atoms with Crippen LogP contribution in [-0.2, 0) is 16.0 Å². The van der Waals surface area contributed by atoms with Gasteiger partial charge in [0.2, 0.25) is 0 Å². The number of hydrogen-bond acceptors (Lipinski definition) is 2. The van der Waals surface area contributed by atoms with E-state index in [1.807, 2.05) is 38.2 Å². The van der Waals surface area contributed by atoms with E-state index in [0.717, 1.165) is 5.52 Å². The number of esters is 1. The SMILES string of the molecule is CCOC(=O)[C@H](C)Cc1c[nH]c2ccccc12. The Morgan fingerprint density at radius 3 is 2.94 bits per heavy atom. The Hall–Kier alpha value is -1.77. The molecule has 0 aliphatic heterocycles. The smallest absolute Gasteiger partial charge is 0.308 e. The van der Waals surface area contributed by atoms with E-state index in [1.165, 1.54) is 10.9 Å². The van der Waals surface area contributed by atoms with E-state index in [-0.39, 0.29) is 11.9 Å². The topological polar surface area (TPSA) is 42.1 Å². The number of fused-ring (bicyclic) bond motifs is 1. The molecule has 0 amide bonds. The van der Waals surface area contributed by atoms with E-state index in [4.69, 9.17) is 4.74 Å². The minimum absolute atomic E-state index is 0.103. The number of aromatic amines is 1. The molecule has 0 bridgehead atoms. The van der Waals surface area contributed by atoms with Gasteiger partial charge in [0.15, 0.2) is 0 Å². The molecular formula is C14H17NO2. The molecule has 17 heavy (non-hydrogen) atoms. The number of ether oxygens (including phenoxy) is 1. The Morgan fingerprint density at radius 1 is 1.41 bits per heavy atom. The highest BCUT2D eigenvalue weighted by atomic mass is 16.5. The van der Waals surface area contributed by atoms with E-state index >= 15 is 0 Å². The largest absolute Gasteiger partial charge is 0.466 e. The maximum Gasteiger partial charge on any atom is 0.308 e. The van der Waals surface area contributed by atoms with Crippen LogP contribution < -0.4 is 0 Å². The highest BCUT2D eigenvalue weighted by Gasteiger charge is 2.16. The van der Waals surface area contributed by atoms with Gasteiger partial charge in [0, 0.05) is 17.1 Å². The number of benzene rings is 1. The maximum absolute atomic E-state index is 11.6. The molecule has 0 saturated heterocycles. The Bertz CT molecular complexity index is 516. The number of hydrogen-bond donors (Lipinski definition) is 1. The molecule has 1 atom stereocenters. The molecule has 0 spiro atoms. The number of nitrogens with one attached hydrogen (secondary N) is 1. The number of rotatable bonds is 4. The van der Waals surface area contributed by atoms with Gasteiger partial charge in [0.25, 0.3) is 0 Å². The van der Waals surface area contributed by atoms with Gasteiger partial charge in [-0.2, -0.15) is 0 Å². The van der Waals surface area contributed by atoms with E-state index < -0.39 is 0 Å². The number of para-hydroxylation sites is 1. The fourth-order valence-electron chi connectivity index (χ4n) is 2.00. The second kappa shape index (κ2) is 5.04. The van der Waals surface area contributed by atoms with E-state index in [9.17, 15) is 4.79 Å². The molecule has 1 heterocycles. The standard InChI is InChI=1S/C14H17NO2/c1-3-17-14(16)10(2)8-11-9-15-13-7-5-4-6-12(11)13/h4-7,9-10,15H,3,8H2,1-2H3/t10-/m1/s1. The van der Waals surface area contributed by atoms with Crippen LogP contribution in [0.15, 0.2) is 30.5 Å². The van der Waals surface area contributed by atoms with E-state index in [1.54, 1.807) is 0 Å². The fraction of sp³-hybridized carbons (Fsp3) is 0.357. The van der Waals surface area contributed by atoms with Gasteiger partial charge in [0.1, 0.15) is 0 Å². The molecule has 0 radical (unpaired) electrons. The zero-order valence-electron chi connectivity index (χ0n) is 10.2. The molecule has 1 aromatic heterocycles. The average molecular weight is 231 g/mol. The third kappa shape index (κ3) is 2.49. The first-order chi connectivity index (χ1) is 8.22. The molecule has 0 aliphatic carbocycles. The Kier molecular flexibility index (Phi) is 3.47. The van der Waals surface area contributed by atoms with Crippen molar-refractivity contribution in [2.45, 2.75) is 20.3 Å². The number of H-pyrrole nitrogens is 1. The summed E-state index contributed by atoms with van der Waals surface area (Å²) < 4.78 is 5.02. The molecule has 0 aliphatic rings. The lowest BCUT2D eigenvalue weighted by Gasteiger charge is -2.09. The van der Waals surface area contributed by atoms with Crippen molar-refractivity contribution in [2.24, 2.45) is 5.92 Å². The lowest BCUT2D eigenvalue weighted by atomic mass is 10.0. The van der Waals surface area contributed by atoms with Crippen molar-refractivity contribution in [1.82, 2.24) is 4.98 Å². The van der Waals surface area contributed by atoms with Gasteiger partial charge in [-0.25, -0.2) is 0 Å². The second-order valence-electron chi connectivity index (χ2n) is 4.22. The van der Waals surface area contributed by atoms with E-state index in [2.05, 4.69) is 11.1 Å². The molecule has 1 aromatic carbocycles. The van der Waals surface area contributed by atoms with Gasteiger partial charge in [-0.15, -0.1) is 0 Å². The summed E-state index contributed by atoms with van der Waals surface area (Å²) in [5.74, 6) is -0.230. The van der Waals surface area contributed by atoms with Gasteiger partial charge < -0.3 is 9.72 Å². The van der Waals surface area contributed by atoms with Crippen molar-refractivity contribution in [3.63, 3.8) is 0 Å². The van der Waals surface area contributed by atoms with Crippen LogP contribution in [0.5, 0.6) is 0 Å². The first kappa shape index (κ1) is 11.7. The van der Waals surface area contributed by atoms with Crippen molar-refractivity contribution in [2.75, 3.05) is 6.61 Å². The van der Waals surface area contributed by atoms with Crippen LogP contribution in [0, 0.1) is 5.92 Å². The van der Waals surface area contributed by atoms with Crippen LogP contribution in [0.2, 0.25) is 0 Å². The molecular weight excluding hydrogens is 214 g/mol. The molecule has 2 rings (SSSR count). The minimum Gasteiger partial charge on any atom is -0.466 e. The highest BCUT2D eigenvalue weighted by Crippen LogP contribution is 2.21. The summed E-state index contributed by atoms with van der Waals surface area (Å²) in [7, 11) is 0. The number of aromatic nitrogens is 1. The zero-order chi connectivity index (χ0) is 12.3. The molecule has 2 aromatic rings. The van der Waals surface area contributed by atoms with Crippen LogP contribution in [0.1, 0.15) is 19.4 Å². The predicted molar refractivity (Wildman–Crippen MR) is 67.8 cm³/mol. The Labute approximate surface area is 101 Å². The van der Waals surface area contributed by atoms with Crippen molar-refractivity contribution in [3.8, 4) is 0 Å². The van der Waals surface area contributed by atoms with Gasteiger partial charge in [0.05, 0.1) is 12.5 Å². The summed E-state index contributed by atoms with van der Waals surface area (Å²) in [4.78, 5) is 14.8. The Balaban J connectivity index is 2.16. The lowest BCUT2D eigenvalue weighted by Crippen LogP contribution is -2.16. The summed E-state index contributed by atoms with van der Waals surface area (Å²) in [5.41, 5.74) is 2.28. The summed E-state index contributed by atoms with van der Waals surface area (Å²) in [5, 5.41) is 1.18. The van der Waals surface area contributed by atoms with Crippen LogP contribution in [-0.4, -0.2) is 17.6 Å².